The highest BCUT2D eigenvalue weighted by Crippen LogP contribution is 2.23. The van der Waals surface area contributed by atoms with Gasteiger partial charge in [-0.15, -0.1) is 0 Å². The van der Waals surface area contributed by atoms with Crippen LogP contribution in [0.2, 0.25) is 0 Å². The summed E-state index contributed by atoms with van der Waals surface area (Å²) in [6.07, 6.45) is 0. The molecule has 0 saturated carbocycles. The van der Waals surface area contributed by atoms with E-state index in [2.05, 4.69) is 5.32 Å². The predicted octanol–water partition coefficient (Wildman–Crippen LogP) is 2.36. The number of hydrogen-bond donors (Lipinski definition) is 2. The molecule has 1 atom stereocenters. The number of benzene rings is 2. The summed E-state index contributed by atoms with van der Waals surface area (Å²) in [6.45, 7) is 3.85. The van der Waals surface area contributed by atoms with Gasteiger partial charge in [-0.3, -0.25) is 4.79 Å². The maximum Gasteiger partial charge on any atom is 0.241 e. The van der Waals surface area contributed by atoms with Crippen molar-refractivity contribution in [2.45, 2.75) is 25.9 Å². The molecule has 0 heterocycles. The zero-order valence-corrected chi connectivity index (χ0v) is 10.7. The molecule has 0 radical (unpaired) electrons. The van der Waals surface area contributed by atoms with Crippen LogP contribution in [0.5, 0.6) is 0 Å². The number of rotatable bonds is 3. The number of carbonyl (C=O) groups excluding carboxylic acids is 1. The van der Waals surface area contributed by atoms with E-state index in [4.69, 9.17) is 5.73 Å². The number of fused-ring (bicyclic) bond motifs is 1. The number of hydrogen-bond acceptors (Lipinski definition) is 2. The Morgan fingerprint density at radius 2 is 1.78 bits per heavy atom. The van der Waals surface area contributed by atoms with Crippen LogP contribution in [0.25, 0.3) is 10.8 Å². The van der Waals surface area contributed by atoms with Crippen LogP contribution in [0.3, 0.4) is 0 Å². The van der Waals surface area contributed by atoms with Crippen LogP contribution < -0.4 is 11.1 Å². The van der Waals surface area contributed by atoms with Crippen LogP contribution in [0, 0.1) is 0 Å². The van der Waals surface area contributed by atoms with Gasteiger partial charge in [0.05, 0.1) is 0 Å². The van der Waals surface area contributed by atoms with Crippen LogP contribution in [-0.2, 0) is 4.79 Å². The zero-order valence-electron chi connectivity index (χ0n) is 10.7. The first-order valence-electron chi connectivity index (χ1n) is 6.13. The fourth-order valence-electron chi connectivity index (χ4n) is 2.04. The van der Waals surface area contributed by atoms with Crippen molar-refractivity contribution in [3.8, 4) is 0 Å². The van der Waals surface area contributed by atoms with E-state index in [1.807, 2.05) is 56.3 Å². The summed E-state index contributed by atoms with van der Waals surface area (Å²) < 4.78 is 0. The highest BCUT2D eigenvalue weighted by Gasteiger charge is 2.18. The quantitative estimate of drug-likeness (QED) is 0.868. The molecule has 2 rings (SSSR count). The molecular weight excluding hydrogens is 224 g/mol. The molecule has 0 saturated heterocycles. The Bertz CT molecular complexity index is 558. The summed E-state index contributed by atoms with van der Waals surface area (Å²) in [6, 6.07) is 13.3. The number of carbonyl (C=O) groups is 1. The minimum absolute atomic E-state index is 0.0959. The van der Waals surface area contributed by atoms with Gasteiger partial charge in [0.15, 0.2) is 0 Å². The Morgan fingerprint density at radius 1 is 1.11 bits per heavy atom. The van der Waals surface area contributed by atoms with Crippen molar-refractivity contribution in [1.29, 1.82) is 0 Å². The van der Waals surface area contributed by atoms with Gasteiger partial charge in [0, 0.05) is 6.04 Å². The van der Waals surface area contributed by atoms with Crippen molar-refractivity contribution in [2.24, 2.45) is 5.73 Å². The smallest absolute Gasteiger partial charge is 0.241 e. The van der Waals surface area contributed by atoms with E-state index in [9.17, 15) is 4.79 Å². The molecule has 2 aromatic carbocycles. The van der Waals surface area contributed by atoms with E-state index in [-0.39, 0.29) is 11.9 Å². The van der Waals surface area contributed by atoms with Crippen molar-refractivity contribution >= 4 is 16.7 Å². The Hall–Kier alpha value is -1.87. The van der Waals surface area contributed by atoms with Crippen molar-refractivity contribution in [2.75, 3.05) is 0 Å². The van der Waals surface area contributed by atoms with Gasteiger partial charge in [-0.25, -0.2) is 0 Å². The maximum absolute atomic E-state index is 12.0. The molecule has 3 heteroatoms. The normalized spacial score (nSPS) is 12.7. The van der Waals surface area contributed by atoms with Gasteiger partial charge < -0.3 is 11.1 Å². The van der Waals surface area contributed by atoms with Crippen LogP contribution in [0.4, 0.5) is 0 Å². The van der Waals surface area contributed by atoms with Crippen molar-refractivity contribution in [3.63, 3.8) is 0 Å². The molecule has 2 aromatic rings. The Morgan fingerprint density at radius 3 is 2.50 bits per heavy atom. The summed E-state index contributed by atoms with van der Waals surface area (Å²) >= 11 is 0. The van der Waals surface area contributed by atoms with Crippen LogP contribution in [0.15, 0.2) is 42.5 Å². The molecule has 3 nitrogen and oxygen atoms in total. The van der Waals surface area contributed by atoms with Crippen molar-refractivity contribution in [3.05, 3.63) is 48.0 Å². The van der Waals surface area contributed by atoms with E-state index < -0.39 is 6.04 Å². The Kier molecular flexibility index (Phi) is 3.63. The second-order valence-electron chi connectivity index (χ2n) is 4.71. The minimum Gasteiger partial charge on any atom is -0.352 e. The van der Waals surface area contributed by atoms with Gasteiger partial charge >= 0.3 is 0 Å². The molecule has 0 aromatic heterocycles. The van der Waals surface area contributed by atoms with Gasteiger partial charge in [0.25, 0.3) is 0 Å². The lowest BCUT2D eigenvalue weighted by Crippen LogP contribution is -2.38. The molecule has 0 fully saturated rings. The van der Waals surface area contributed by atoms with Crippen LogP contribution in [0.1, 0.15) is 25.5 Å². The molecule has 94 valence electrons. The van der Waals surface area contributed by atoms with Gasteiger partial charge in [0.1, 0.15) is 6.04 Å². The zero-order chi connectivity index (χ0) is 13.1. The predicted molar refractivity (Wildman–Crippen MR) is 74.2 cm³/mol. The topological polar surface area (TPSA) is 55.1 Å². The van der Waals surface area contributed by atoms with Crippen molar-refractivity contribution < 1.29 is 4.79 Å². The highest BCUT2D eigenvalue weighted by molar-refractivity contribution is 5.92. The molecule has 1 unspecified atom stereocenters. The van der Waals surface area contributed by atoms with E-state index >= 15 is 0 Å². The SMILES string of the molecule is CC(C)NC(=O)C(N)c1cccc2ccccc12. The molecule has 0 bridgehead atoms. The minimum atomic E-state index is -0.626. The lowest BCUT2D eigenvalue weighted by atomic mass is 9.98. The maximum atomic E-state index is 12.0. The van der Waals surface area contributed by atoms with E-state index in [0.29, 0.717) is 0 Å². The Balaban J connectivity index is 2.38. The summed E-state index contributed by atoms with van der Waals surface area (Å²) in [5, 5.41) is 4.98. The molecule has 1 amide bonds. The van der Waals surface area contributed by atoms with E-state index in [1.165, 1.54) is 0 Å². The molecule has 0 aliphatic rings. The van der Waals surface area contributed by atoms with Gasteiger partial charge in [-0.05, 0) is 30.2 Å². The number of nitrogens with one attached hydrogen (secondary N) is 1. The molecular formula is C15H18N2O. The molecule has 3 N–H and O–H groups in total. The highest BCUT2D eigenvalue weighted by atomic mass is 16.2. The number of nitrogens with two attached hydrogens (primary N) is 1. The van der Waals surface area contributed by atoms with Crippen molar-refractivity contribution in [1.82, 2.24) is 5.32 Å². The standard InChI is InChI=1S/C15H18N2O/c1-10(2)17-15(18)14(16)13-9-5-7-11-6-3-4-8-12(11)13/h3-10,14H,16H2,1-2H3,(H,17,18). The summed E-state index contributed by atoms with van der Waals surface area (Å²) in [5.41, 5.74) is 6.91. The fraction of sp³-hybridized carbons (Fsp3) is 0.267. The second-order valence-corrected chi connectivity index (χ2v) is 4.71. The van der Waals surface area contributed by atoms with Gasteiger partial charge in [0.2, 0.25) is 5.91 Å². The average Bonchev–Trinajstić information content (AvgIpc) is 2.36. The van der Waals surface area contributed by atoms with E-state index in [1.54, 1.807) is 0 Å². The third-order valence-corrected chi connectivity index (χ3v) is 2.87. The number of amides is 1. The van der Waals surface area contributed by atoms with Crippen LogP contribution >= 0.6 is 0 Å². The Labute approximate surface area is 107 Å². The monoisotopic (exact) mass is 242 g/mol. The lowest BCUT2D eigenvalue weighted by Gasteiger charge is -2.16. The lowest BCUT2D eigenvalue weighted by molar-refractivity contribution is -0.122. The average molecular weight is 242 g/mol. The fourth-order valence-corrected chi connectivity index (χ4v) is 2.04. The largest absolute Gasteiger partial charge is 0.352 e. The first-order valence-corrected chi connectivity index (χ1v) is 6.13. The third kappa shape index (κ3) is 2.51. The second kappa shape index (κ2) is 5.19. The summed E-state index contributed by atoms with van der Waals surface area (Å²) in [4.78, 5) is 12.0. The molecule has 0 spiro atoms. The third-order valence-electron chi connectivity index (χ3n) is 2.87. The summed E-state index contributed by atoms with van der Waals surface area (Å²) in [7, 11) is 0. The molecule has 0 aliphatic carbocycles. The van der Waals surface area contributed by atoms with Gasteiger partial charge in [-0.2, -0.15) is 0 Å². The molecule has 18 heavy (non-hydrogen) atoms. The van der Waals surface area contributed by atoms with Gasteiger partial charge in [-0.1, -0.05) is 42.5 Å². The van der Waals surface area contributed by atoms with E-state index in [0.717, 1.165) is 16.3 Å². The molecule has 0 aliphatic heterocycles. The first-order chi connectivity index (χ1) is 8.59. The van der Waals surface area contributed by atoms with Crippen LogP contribution in [-0.4, -0.2) is 11.9 Å². The first kappa shape index (κ1) is 12.6. The summed E-state index contributed by atoms with van der Waals surface area (Å²) in [5.74, 6) is -0.138.